The van der Waals surface area contributed by atoms with Gasteiger partial charge in [0.1, 0.15) is 5.75 Å². The summed E-state index contributed by atoms with van der Waals surface area (Å²) in [5, 5.41) is 0. The first-order valence-electron chi connectivity index (χ1n) is 6.96. The number of halogens is 3. The molecule has 0 aromatic heterocycles. The zero-order chi connectivity index (χ0) is 18.0. The van der Waals surface area contributed by atoms with Crippen molar-refractivity contribution >= 4 is 15.7 Å². The average Bonchev–Trinajstić information content (AvgIpc) is 2.45. The van der Waals surface area contributed by atoms with Crippen molar-refractivity contribution in [3.05, 3.63) is 53.6 Å². The van der Waals surface area contributed by atoms with Crippen LogP contribution >= 0.6 is 0 Å². The first-order chi connectivity index (χ1) is 11.1. The van der Waals surface area contributed by atoms with Crippen molar-refractivity contribution < 1.29 is 26.3 Å². The van der Waals surface area contributed by atoms with E-state index in [0.29, 0.717) is 5.56 Å². The molecule has 0 fully saturated rings. The third-order valence-corrected chi connectivity index (χ3v) is 4.48. The zero-order valence-corrected chi connectivity index (χ0v) is 13.8. The molecule has 4 nitrogen and oxygen atoms in total. The normalized spacial score (nSPS) is 12.0. The van der Waals surface area contributed by atoms with Gasteiger partial charge in [0.15, 0.2) is 6.61 Å². The molecule has 24 heavy (non-hydrogen) atoms. The van der Waals surface area contributed by atoms with Gasteiger partial charge in [-0.3, -0.25) is 4.72 Å². The van der Waals surface area contributed by atoms with Crippen LogP contribution in [0.5, 0.6) is 5.75 Å². The van der Waals surface area contributed by atoms with E-state index < -0.39 is 22.8 Å². The van der Waals surface area contributed by atoms with Crippen LogP contribution in [0.15, 0.2) is 47.4 Å². The van der Waals surface area contributed by atoms with E-state index in [-0.39, 0.29) is 16.3 Å². The van der Waals surface area contributed by atoms with Gasteiger partial charge >= 0.3 is 6.18 Å². The Labute approximate surface area is 138 Å². The fourth-order valence-electron chi connectivity index (χ4n) is 1.93. The molecule has 8 heteroatoms. The van der Waals surface area contributed by atoms with Crippen LogP contribution in [0.3, 0.4) is 0 Å². The molecule has 0 atom stereocenters. The highest BCUT2D eigenvalue weighted by molar-refractivity contribution is 7.92. The Bertz CT molecular complexity index is 815. The molecule has 0 aliphatic rings. The lowest BCUT2D eigenvalue weighted by molar-refractivity contribution is -0.153. The highest BCUT2D eigenvalue weighted by atomic mass is 32.2. The molecule has 0 saturated heterocycles. The molecule has 0 spiro atoms. The number of benzene rings is 2. The van der Waals surface area contributed by atoms with Crippen molar-refractivity contribution in [2.24, 2.45) is 0 Å². The van der Waals surface area contributed by atoms with Crippen LogP contribution in [0.2, 0.25) is 0 Å². The van der Waals surface area contributed by atoms with Crippen molar-refractivity contribution in [1.82, 2.24) is 0 Å². The number of aryl methyl sites for hydroxylation is 2. The number of sulfonamides is 1. The summed E-state index contributed by atoms with van der Waals surface area (Å²) in [4.78, 5) is 0.0105. The molecular weight excluding hydrogens is 343 g/mol. The maximum absolute atomic E-state index is 12.4. The van der Waals surface area contributed by atoms with Gasteiger partial charge in [-0.1, -0.05) is 23.8 Å². The molecule has 0 amide bonds. The Balaban J connectivity index is 2.30. The second-order valence-electron chi connectivity index (χ2n) is 5.32. The molecule has 130 valence electrons. The molecule has 0 unspecified atom stereocenters. The highest BCUT2D eigenvalue weighted by Crippen LogP contribution is 2.29. The van der Waals surface area contributed by atoms with E-state index in [1.807, 2.05) is 6.92 Å². The van der Waals surface area contributed by atoms with Gasteiger partial charge in [-0.2, -0.15) is 13.2 Å². The fraction of sp³-hybridized carbons (Fsp3) is 0.250. The van der Waals surface area contributed by atoms with Crippen LogP contribution < -0.4 is 9.46 Å². The largest absolute Gasteiger partial charge is 0.482 e. The summed E-state index contributed by atoms with van der Waals surface area (Å²) in [5.74, 6) is -0.186. The molecule has 0 bridgehead atoms. The predicted octanol–water partition coefficient (Wildman–Crippen LogP) is 4.05. The van der Waals surface area contributed by atoms with E-state index in [1.54, 1.807) is 19.1 Å². The Hall–Kier alpha value is -2.22. The van der Waals surface area contributed by atoms with E-state index >= 15 is 0 Å². The van der Waals surface area contributed by atoms with Crippen molar-refractivity contribution in [2.45, 2.75) is 24.9 Å². The minimum absolute atomic E-state index is 0.0105. The Kier molecular flexibility index (Phi) is 5.08. The van der Waals surface area contributed by atoms with Crippen molar-refractivity contribution in [3.63, 3.8) is 0 Å². The van der Waals surface area contributed by atoms with Crippen LogP contribution in [-0.2, 0) is 10.0 Å². The van der Waals surface area contributed by atoms with Crippen LogP contribution in [0.4, 0.5) is 18.9 Å². The van der Waals surface area contributed by atoms with Crippen LogP contribution in [-0.4, -0.2) is 21.2 Å². The highest BCUT2D eigenvalue weighted by Gasteiger charge is 2.29. The van der Waals surface area contributed by atoms with Gasteiger partial charge in [0.25, 0.3) is 10.0 Å². The molecule has 0 aliphatic carbocycles. The fourth-order valence-corrected chi connectivity index (χ4v) is 2.99. The van der Waals surface area contributed by atoms with Crippen molar-refractivity contribution in [1.29, 1.82) is 0 Å². The molecule has 2 rings (SSSR count). The number of rotatable bonds is 5. The summed E-state index contributed by atoms with van der Waals surface area (Å²) in [6.45, 7) is 2.00. The van der Waals surface area contributed by atoms with Gasteiger partial charge in [-0.25, -0.2) is 8.42 Å². The van der Waals surface area contributed by atoms with Gasteiger partial charge in [0.2, 0.25) is 0 Å². The maximum Gasteiger partial charge on any atom is 0.422 e. The summed E-state index contributed by atoms with van der Waals surface area (Å²) in [6, 6.07) is 10.4. The van der Waals surface area contributed by atoms with E-state index in [0.717, 1.165) is 5.56 Å². The number of hydrogen-bond acceptors (Lipinski definition) is 3. The Morgan fingerprint density at radius 3 is 2.17 bits per heavy atom. The summed E-state index contributed by atoms with van der Waals surface area (Å²) in [5.41, 5.74) is 1.52. The topological polar surface area (TPSA) is 55.4 Å². The van der Waals surface area contributed by atoms with Gasteiger partial charge in [0, 0.05) is 0 Å². The third-order valence-electron chi connectivity index (χ3n) is 3.10. The number of anilines is 1. The molecular formula is C16H16F3NO3S. The third kappa shape index (κ3) is 4.89. The van der Waals surface area contributed by atoms with Crippen molar-refractivity contribution in [2.75, 3.05) is 11.3 Å². The van der Waals surface area contributed by atoms with E-state index in [9.17, 15) is 21.6 Å². The second-order valence-corrected chi connectivity index (χ2v) is 7.00. The molecule has 1 N–H and O–H groups in total. The van der Waals surface area contributed by atoms with Crippen LogP contribution in [0.25, 0.3) is 0 Å². The quantitative estimate of drug-likeness (QED) is 0.876. The zero-order valence-electron chi connectivity index (χ0n) is 13.0. The van der Waals surface area contributed by atoms with Gasteiger partial charge < -0.3 is 4.74 Å². The van der Waals surface area contributed by atoms with Gasteiger partial charge in [-0.15, -0.1) is 0 Å². The standard InChI is InChI=1S/C16H16F3NO3S/c1-11-3-6-13(7-4-11)24(21,22)20-14-9-12(2)5-8-15(14)23-10-16(17,18)19/h3-9,20H,10H2,1-2H3. The predicted molar refractivity (Wildman–Crippen MR) is 84.7 cm³/mol. The van der Waals surface area contributed by atoms with Crippen LogP contribution in [0.1, 0.15) is 11.1 Å². The Morgan fingerprint density at radius 1 is 1.00 bits per heavy atom. The number of ether oxygens (including phenoxy) is 1. The SMILES string of the molecule is Cc1ccc(S(=O)(=O)Nc2cc(C)ccc2OCC(F)(F)F)cc1. The lowest BCUT2D eigenvalue weighted by atomic mass is 10.2. The number of nitrogens with one attached hydrogen (secondary N) is 1. The molecule has 2 aromatic carbocycles. The lowest BCUT2D eigenvalue weighted by Gasteiger charge is -2.15. The van der Waals surface area contributed by atoms with E-state index in [1.165, 1.54) is 30.3 Å². The molecule has 0 saturated carbocycles. The summed E-state index contributed by atoms with van der Waals surface area (Å²) in [7, 11) is -3.93. The van der Waals surface area contributed by atoms with E-state index in [2.05, 4.69) is 4.72 Å². The van der Waals surface area contributed by atoms with Gasteiger partial charge in [-0.05, 0) is 43.7 Å². The summed E-state index contributed by atoms with van der Waals surface area (Å²) >= 11 is 0. The maximum atomic E-state index is 12.4. The van der Waals surface area contributed by atoms with Gasteiger partial charge in [0.05, 0.1) is 10.6 Å². The van der Waals surface area contributed by atoms with Crippen molar-refractivity contribution in [3.8, 4) is 5.75 Å². The Morgan fingerprint density at radius 2 is 1.58 bits per heavy atom. The minimum Gasteiger partial charge on any atom is -0.482 e. The summed E-state index contributed by atoms with van der Waals surface area (Å²) < 4.78 is 68.8. The molecule has 0 aliphatic heterocycles. The molecule has 0 radical (unpaired) electrons. The first kappa shape index (κ1) is 18.1. The second kappa shape index (κ2) is 6.72. The van der Waals surface area contributed by atoms with E-state index in [4.69, 9.17) is 4.74 Å². The lowest BCUT2D eigenvalue weighted by Crippen LogP contribution is -2.20. The molecule has 0 heterocycles. The average molecular weight is 359 g/mol. The minimum atomic E-state index is -4.52. The monoisotopic (exact) mass is 359 g/mol. The molecule has 2 aromatic rings. The summed E-state index contributed by atoms with van der Waals surface area (Å²) in [6.07, 6.45) is -4.52. The first-order valence-corrected chi connectivity index (χ1v) is 8.45. The van der Waals surface area contributed by atoms with Crippen LogP contribution in [0, 0.1) is 13.8 Å². The number of hydrogen-bond donors (Lipinski definition) is 1. The number of alkyl halides is 3. The smallest absolute Gasteiger partial charge is 0.422 e.